The van der Waals surface area contributed by atoms with Crippen LogP contribution in [-0.2, 0) is 9.59 Å². The molecule has 0 saturated carbocycles. The summed E-state index contributed by atoms with van der Waals surface area (Å²) in [5.41, 5.74) is 1.35. The molecule has 0 bridgehead atoms. The molecule has 1 N–H and O–H groups in total. The summed E-state index contributed by atoms with van der Waals surface area (Å²) >= 11 is 12.3. The van der Waals surface area contributed by atoms with Crippen molar-refractivity contribution < 1.29 is 19.1 Å². The van der Waals surface area contributed by atoms with Gasteiger partial charge < -0.3 is 14.8 Å². The lowest BCUT2D eigenvalue weighted by Crippen LogP contribution is -2.22. The summed E-state index contributed by atoms with van der Waals surface area (Å²) in [6.07, 6.45) is 1.75. The second kappa shape index (κ2) is 9.97. The number of carbonyl (C=O) groups excluding carboxylic acids is 2. The lowest BCUT2D eigenvalue weighted by Gasteiger charge is -2.13. The van der Waals surface area contributed by atoms with Crippen LogP contribution in [0.25, 0.3) is 6.08 Å². The molecule has 0 aromatic heterocycles. The van der Waals surface area contributed by atoms with Crippen molar-refractivity contribution >= 4 is 63.5 Å². The Morgan fingerprint density at radius 1 is 1.23 bits per heavy atom. The Hall–Kier alpha value is -2.55. The van der Waals surface area contributed by atoms with Crippen molar-refractivity contribution in [1.29, 1.82) is 0 Å². The number of thiocarbonyl (C=S) groups is 1. The number of anilines is 1. The van der Waals surface area contributed by atoms with E-state index >= 15 is 0 Å². The van der Waals surface area contributed by atoms with Crippen LogP contribution in [0.4, 0.5) is 5.69 Å². The number of benzene rings is 2. The Bertz CT molecular complexity index is 1030. The molecule has 3 rings (SSSR count). The van der Waals surface area contributed by atoms with E-state index in [4.69, 9.17) is 33.3 Å². The minimum atomic E-state index is -0.324. The van der Waals surface area contributed by atoms with Gasteiger partial charge >= 0.3 is 0 Å². The molecular weight excluding hydrogens is 444 g/mol. The minimum Gasteiger partial charge on any atom is -0.490 e. The SMILES string of the molecule is CCOc1cc(/C=C2\SC(=S)N(C)C2=O)ccc1OCC(=O)Nc1cccc(Cl)c1. The molecular formula is C21H19ClN2O4S2. The number of halogens is 1. The lowest BCUT2D eigenvalue weighted by molar-refractivity contribution is -0.121. The first-order valence-electron chi connectivity index (χ1n) is 9.04. The number of nitrogens with zero attached hydrogens (tertiary/aromatic N) is 1. The van der Waals surface area contributed by atoms with Gasteiger partial charge in [0.25, 0.3) is 11.8 Å². The van der Waals surface area contributed by atoms with Gasteiger partial charge in [-0.3, -0.25) is 14.5 Å². The summed E-state index contributed by atoms with van der Waals surface area (Å²) in [6, 6.07) is 12.1. The molecule has 2 aromatic rings. The number of hydrogen-bond donors (Lipinski definition) is 1. The van der Waals surface area contributed by atoms with E-state index in [0.717, 1.165) is 5.56 Å². The maximum absolute atomic E-state index is 12.2. The Kier molecular flexibility index (Phi) is 7.36. The van der Waals surface area contributed by atoms with E-state index in [1.54, 1.807) is 55.6 Å². The molecule has 1 fully saturated rings. The van der Waals surface area contributed by atoms with E-state index in [0.29, 0.717) is 38.0 Å². The van der Waals surface area contributed by atoms with Crippen molar-refractivity contribution in [2.75, 3.05) is 25.6 Å². The van der Waals surface area contributed by atoms with Gasteiger partial charge in [0, 0.05) is 17.8 Å². The molecule has 2 amide bonds. The van der Waals surface area contributed by atoms with E-state index in [2.05, 4.69) is 5.32 Å². The molecule has 0 aliphatic carbocycles. The smallest absolute Gasteiger partial charge is 0.265 e. The Morgan fingerprint density at radius 3 is 2.70 bits per heavy atom. The van der Waals surface area contributed by atoms with Crippen LogP contribution in [0.15, 0.2) is 47.4 Å². The van der Waals surface area contributed by atoms with E-state index in [1.165, 1.54) is 16.7 Å². The Morgan fingerprint density at radius 2 is 2.03 bits per heavy atom. The normalized spacial score (nSPS) is 14.9. The predicted octanol–water partition coefficient (Wildman–Crippen LogP) is 4.59. The maximum Gasteiger partial charge on any atom is 0.265 e. The number of amides is 2. The lowest BCUT2D eigenvalue weighted by atomic mass is 10.2. The predicted molar refractivity (Wildman–Crippen MR) is 124 cm³/mol. The van der Waals surface area contributed by atoms with Crippen LogP contribution in [0.2, 0.25) is 5.02 Å². The van der Waals surface area contributed by atoms with Gasteiger partial charge in [0.2, 0.25) is 0 Å². The number of ether oxygens (including phenoxy) is 2. The zero-order valence-electron chi connectivity index (χ0n) is 16.3. The van der Waals surface area contributed by atoms with Crippen LogP contribution in [0, 0.1) is 0 Å². The van der Waals surface area contributed by atoms with Gasteiger partial charge in [0.05, 0.1) is 11.5 Å². The summed E-state index contributed by atoms with van der Waals surface area (Å²) in [5, 5.41) is 3.25. The molecule has 156 valence electrons. The van der Waals surface area contributed by atoms with Gasteiger partial charge in [-0.25, -0.2) is 0 Å². The maximum atomic E-state index is 12.2. The minimum absolute atomic E-state index is 0.138. The van der Waals surface area contributed by atoms with Crippen molar-refractivity contribution in [3.05, 3.63) is 58.0 Å². The van der Waals surface area contributed by atoms with Crippen molar-refractivity contribution in [1.82, 2.24) is 4.90 Å². The van der Waals surface area contributed by atoms with Crippen molar-refractivity contribution in [3.8, 4) is 11.5 Å². The van der Waals surface area contributed by atoms with Gasteiger partial charge in [-0.05, 0) is 48.9 Å². The molecule has 1 saturated heterocycles. The highest BCUT2D eigenvalue weighted by Gasteiger charge is 2.28. The molecule has 0 radical (unpaired) electrons. The Balaban J connectivity index is 1.70. The summed E-state index contributed by atoms with van der Waals surface area (Å²) in [4.78, 5) is 26.3. The molecule has 0 atom stereocenters. The zero-order chi connectivity index (χ0) is 21.7. The molecule has 1 heterocycles. The fourth-order valence-corrected chi connectivity index (χ4v) is 3.98. The molecule has 1 aliphatic heterocycles. The first kappa shape index (κ1) is 22.1. The number of thioether (sulfide) groups is 1. The third-order valence-electron chi connectivity index (χ3n) is 4.02. The number of carbonyl (C=O) groups is 2. The number of rotatable bonds is 7. The standard InChI is InChI=1S/C21H19ClN2O4S2/c1-3-27-17-9-13(10-18-20(26)24(2)21(29)30-18)7-8-16(17)28-12-19(25)23-15-6-4-5-14(22)11-15/h4-11H,3,12H2,1-2H3,(H,23,25)/b18-10-. The average molecular weight is 463 g/mol. The van der Waals surface area contributed by atoms with Crippen molar-refractivity contribution in [2.45, 2.75) is 6.92 Å². The monoisotopic (exact) mass is 462 g/mol. The van der Waals surface area contributed by atoms with Crippen molar-refractivity contribution in [3.63, 3.8) is 0 Å². The fraction of sp³-hybridized carbons (Fsp3) is 0.190. The summed E-state index contributed by atoms with van der Waals surface area (Å²) < 4.78 is 11.8. The summed E-state index contributed by atoms with van der Waals surface area (Å²) in [6.45, 7) is 2.08. The van der Waals surface area contributed by atoms with Gasteiger partial charge in [-0.1, -0.05) is 47.7 Å². The van der Waals surface area contributed by atoms with E-state index in [-0.39, 0.29) is 18.4 Å². The van der Waals surface area contributed by atoms with Crippen LogP contribution in [0.3, 0.4) is 0 Å². The number of hydrogen-bond acceptors (Lipinski definition) is 6. The quantitative estimate of drug-likeness (QED) is 0.479. The second-order valence-corrected chi connectivity index (χ2v) is 8.34. The average Bonchev–Trinajstić information content (AvgIpc) is 2.94. The number of likely N-dealkylation sites (N-methyl/N-ethyl adjacent to an activating group) is 1. The summed E-state index contributed by atoms with van der Waals surface area (Å²) in [5.74, 6) is 0.448. The second-order valence-electron chi connectivity index (χ2n) is 6.23. The Labute approximate surface area is 189 Å². The van der Waals surface area contributed by atoms with Crippen molar-refractivity contribution in [2.24, 2.45) is 0 Å². The summed E-state index contributed by atoms with van der Waals surface area (Å²) in [7, 11) is 1.65. The van der Waals surface area contributed by atoms with Crippen LogP contribution in [0.5, 0.6) is 11.5 Å². The molecule has 9 heteroatoms. The molecule has 0 spiro atoms. The molecule has 30 heavy (non-hydrogen) atoms. The van der Waals surface area contributed by atoms with E-state index < -0.39 is 0 Å². The van der Waals surface area contributed by atoms with E-state index in [1.807, 2.05) is 6.92 Å². The third-order valence-corrected chi connectivity index (χ3v) is 5.74. The fourth-order valence-electron chi connectivity index (χ4n) is 2.61. The van der Waals surface area contributed by atoms with Crippen LogP contribution >= 0.6 is 35.6 Å². The highest BCUT2D eigenvalue weighted by molar-refractivity contribution is 8.26. The number of nitrogens with one attached hydrogen (secondary N) is 1. The highest BCUT2D eigenvalue weighted by Crippen LogP contribution is 2.34. The highest BCUT2D eigenvalue weighted by atomic mass is 35.5. The zero-order valence-corrected chi connectivity index (χ0v) is 18.7. The van der Waals surface area contributed by atoms with Gasteiger partial charge in [-0.2, -0.15) is 0 Å². The molecule has 1 aliphatic rings. The van der Waals surface area contributed by atoms with Gasteiger partial charge in [-0.15, -0.1) is 0 Å². The largest absolute Gasteiger partial charge is 0.490 e. The van der Waals surface area contributed by atoms with Crippen LogP contribution in [0.1, 0.15) is 12.5 Å². The van der Waals surface area contributed by atoms with Crippen LogP contribution < -0.4 is 14.8 Å². The first-order chi connectivity index (χ1) is 14.4. The van der Waals surface area contributed by atoms with Gasteiger partial charge in [0.1, 0.15) is 4.32 Å². The molecule has 6 nitrogen and oxygen atoms in total. The molecule has 2 aromatic carbocycles. The first-order valence-corrected chi connectivity index (χ1v) is 10.6. The van der Waals surface area contributed by atoms with E-state index in [9.17, 15) is 9.59 Å². The third kappa shape index (κ3) is 5.53. The van der Waals surface area contributed by atoms with Gasteiger partial charge in [0.15, 0.2) is 18.1 Å². The topological polar surface area (TPSA) is 67.9 Å². The van der Waals surface area contributed by atoms with Crippen LogP contribution in [-0.4, -0.2) is 41.3 Å². The molecule has 0 unspecified atom stereocenters.